The van der Waals surface area contributed by atoms with Crippen molar-refractivity contribution in [3.63, 3.8) is 0 Å². The van der Waals surface area contributed by atoms with Gasteiger partial charge in [-0.25, -0.2) is 8.42 Å². The van der Waals surface area contributed by atoms with E-state index >= 15 is 0 Å². The summed E-state index contributed by atoms with van der Waals surface area (Å²) in [7, 11) is -2.53. The number of hydrogen-bond donors (Lipinski definition) is 1. The number of benzene rings is 3. The first kappa shape index (κ1) is 24.8. The number of rotatable bonds is 6. The van der Waals surface area contributed by atoms with Crippen LogP contribution < -0.4 is 9.52 Å². The maximum absolute atomic E-state index is 13.0. The Bertz CT molecular complexity index is 1610. The van der Waals surface area contributed by atoms with E-state index in [1.54, 1.807) is 34.9 Å². The summed E-state index contributed by atoms with van der Waals surface area (Å²) in [5, 5.41) is 0. The van der Waals surface area contributed by atoms with E-state index in [0.29, 0.717) is 4.80 Å². The summed E-state index contributed by atoms with van der Waals surface area (Å²) in [5.74, 6) is -1.06. The zero-order chi connectivity index (χ0) is 25.2. The fourth-order valence-corrected chi connectivity index (χ4v) is 5.91. The smallest absolute Gasteiger partial charge is 0.325 e. The molecule has 0 spiro atoms. The molecule has 3 aromatic carbocycles. The first-order chi connectivity index (χ1) is 16.7. The Labute approximate surface area is 214 Å². The minimum absolute atomic E-state index is 0.110. The van der Waals surface area contributed by atoms with Crippen molar-refractivity contribution < 1.29 is 22.7 Å². The Hall–Kier alpha value is -3.28. The fraction of sp³-hybridized carbons (Fsp3) is 0.125. The lowest BCUT2D eigenvalue weighted by atomic mass is 10.2. The lowest BCUT2D eigenvalue weighted by molar-refractivity contribution is -0.141. The van der Waals surface area contributed by atoms with Gasteiger partial charge in [-0.2, -0.15) is 4.99 Å². The van der Waals surface area contributed by atoms with Gasteiger partial charge in [-0.3, -0.25) is 14.3 Å². The predicted molar refractivity (Wildman–Crippen MR) is 138 cm³/mol. The molecule has 11 heteroatoms. The third-order valence-electron chi connectivity index (χ3n) is 5.05. The van der Waals surface area contributed by atoms with Crippen LogP contribution in [0.15, 0.2) is 81.1 Å². The number of fused-ring (bicyclic) bond motifs is 1. The van der Waals surface area contributed by atoms with Gasteiger partial charge in [0.15, 0.2) is 4.80 Å². The Morgan fingerprint density at radius 2 is 1.83 bits per heavy atom. The number of carbonyl (C=O) groups is 2. The normalized spacial score (nSPS) is 12.0. The van der Waals surface area contributed by atoms with Gasteiger partial charge in [-0.1, -0.05) is 51.0 Å². The molecule has 0 unspecified atom stereocenters. The SMILES string of the molecule is COC(=O)Cn1c(=NC(=O)c2cccc(NS(=O)(=O)c3ccc(C)cc3)c2)sc2cc(Br)ccc21. The number of nitrogens with one attached hydrogen (secondary N) is 1. The van der Waals surface area contributed by atoms with Crippen LogP contribution >= 0.6 is 27.3 Å². The standard InChI is InChI=1S/C24H20BrN3O5S2/c1-15-6-9-19(10-7-15)35(31,32)27-18-5-3-4-16(12-18)23(30)26-24-28(14-22(29)33-2)20-11-8-17(25)13-21(20)34-24/h3-13,27H,14H2,1-2H3. The first-order valence-electron chi connectivity index (χ1n) is 10.3. The van der Waals surface area contributed by atoms with E-state index in [4.69, 9.17) is 4.74 Å². The number of aryl methyl sites for hydroxylation is 1. The lowest BCUT2D eigenvalue weighted by Gasteiger charge is -2.09. The van der Waals surface area contributed by atoms with Gasteiger partial charge in [0.05, 0.1) is 22.2 Å². The predicted octanol–water partition coefficient (Wildman–Crippen LogP) is 4.49. The number of amides is 1. The monoisotopic (exact) mass is 573 g/mol. The zero-order valence-electron chi connectivity index (χ0n) is 18.7. The molecule has 0 saturated carbocycles. The Morgan fingerprint density at radius 1 is 1.09 bits per heavy atom. The van der Waals surface area contributed by atoms with Crippen molar-refractivity contribution in [1.82, 2.24) is 4.57 Å². The number of ether oxygens (including phenoxy) is 1. The molecule has 8 nitrogen and oxygen atoms in total. The first-order valence-corrected chi connectivity index (χ1v) is 13.4. The largest absolute Gasteiger partial charge is 0.468 e. The van der Waals surface area contributed by atoms with Crippen LogP contribution in [0.3, 0.4) is 0 Å². The topological polar surface area (TPSA) is 107 Å². The molecule has 0 atom stereocenters. The van der Waals surface area contributed by atoms with Gasteiger partial charge < -0.3 is 9.30 Å². The number of aromatic nitrogens is 1. The molecule has 35 heavy (non-hydrogen) atoms. The van der Waals surface area contributed by atoms with Gasteiger partial charge in [0.1, 0.15) is 6.54 Å². The van der Waals surface area contributed by atoms with Crippen LogP contribution in [-0.2, 0) is 26.1 Å². The van der Waals surface area contributed by atoms with Gasteiger partial charge in [0, 0.05) is 15.7 Å². The van der Waals surface area contributed by atoms with Crippen molar-refractivity contribution in [2.45, 2.75) is 18.4 Å². The minimum atomic E-state index is -3.83. The highest BCUT2D eigenvalue weighted by molar-refractivity contribution is 9.10. The van der Waals surface area contributed by atoms with E-state index in [2.05, 4.69) is 25.6 Å². The lowest BCUT2D eigenvalue weighted by Crippen LogP contribution is -2.22. The van der Waals surface area contributed by atoms with E-state index < -0.39 is 21.9 Å². The van der Waals surface area contributed by atoms with Crippen molar-refractivity contribution in [3.8, 4) is 0 Å². The molecule has 0 radical (unpaired) electrons. The highest BCUT2D eigenvalue weighted by Crippen LogP contribution is 2.23. The van der Waals surface area contributed by atoms with E-state index in [1.807, 2.05) is 25.1 Å². The molecule has 0 bridgehead atoms. The van der Waals surface area contributed by atoms with Crippen molar-refractivity contribution in [3.05, 3.63) is 87.1 Å². The molecule has 4 rings (SSSR count). The van der Waals surface area contributed by atoms with E-state index in [0.717, 1.165) is 20.3 Å². The Kier molecular flexibility index (Phi) is 7.20. The van der Waals surface area contributed by atoms with Crippen LogP contribution in [0.25, 0.3) is 10.2 Å². The van der Waals surface area contributed by atoms with Crippen LogP contribution in [0.1, 0.15) is 15.9 Å². The number of hydrogen-bond acceptors (Lipinski definition) is 6. The van der Waals surface area contributed by atoms with Crippen molar-refractivity contribution in [2.24, 2.45) is 4.99 Å². The average molecular weight is 574 g/mol. The summed E-state index contributed by atoms with van der Waals surface area (Å²) >= 11 is 4.67. The average Bonchev–Trinajstić information content (AvgIpc) is 3.14. The zero-order valence-corrected chi connectivity index (χ0v) is 21.9. The second-order valence-electron chi connectivity index (χ2n) is 7.58. The molecule has 0 saturated heterocycles. The van der Waals surface area contributed by atoms with Crippen LogP contribution in [-0.4, -0.2) is 32.0 Å². The molecule has 0 aliphatic rings. The van der Waals surface area contributed by atoms with Crippen LogP contribution in [0, 0.1) is 6.92 Å². The number of sulfonamides is 1. The molecule has 180 valence electrons. The van der Waals surface area contributed by atoms with Gasteiger partial charge >= 0.3 is 5.97 Å². The molecule has 1 heterocycles. The van der Waals surface area contributed by atoms with Crippen LogP contribution in [0.2, 0.25) is 0 Å². The summed E-state index contributed by atoms with van der Waals surface area (Å²) in [5.41, 5.74) is 2.10. The Morgan fingerprint density at radius 3 is 2.54 bits per heavy atom. The van der Waals surface area contributed by atoms with Crippen molar-refractivity contribution >= 4 is 65.1 Å². The molecular weight excluding hydrogens is 554 g/mol. The van der Waals surface area contributed by atoms with E-state index in [1.165, 1.54) is 36.6 Å². The molecule has 1 amide bonds. The van der Waals surface area contributed by atoms with Gasteiger partial charge in [-0.05, 0) is 55.5 Å². The van der Waals surface area contributed by atoms with Crippen LogP contribution in [0.5, 0.6) is 0 Å². The highest BCUT2D eigenvalue weighted by atomic mass is 79.9. The number of halogens is 1. The number of anilines is 1. The second-order valence-corrected chi connectivity index (χ2v) is 11.2. The number of thiazole rings is 1. The maximum Gasteiger partial charge on any atom is 0.325 e. The van der Waals surface area contributed by atoms with Crippen LogP contribution in [0.4, 0.5) is 5.69 Å². The van der Waals surface area contributed by atoms with E-state index in [-0.39, 0.29) is 22.7 Å². The maximum atomic E-state index is 13.0. The third-order valence-corrected chi connectivity index (χ3v) is 7.98. The number of nitrogens with zero attached hydrogens (tertiary/aromatic N) is 2. The summed E-state index contributed by atoms with van der Waals surface area (Å²) in [6, 6.07) is 18.1. The number of esters is 1. The van der Waals surface area contributed by atoms with Gasteiger partial charge in [0.2, 0.25) is 0 Å². The Balaban J connectivity index is 1.68. The van der Waals surface area contributed by atoms with Crippen molar-refractivity contribution in [1.29, 1.82) is 0 Å². The fourth-order valence-electron chi connectivity index (χ4n) is 3.28. The molecule has 0 fully saturated rings. The van der Waals surface area contributed by atoms with Gasteiger partial charge in [0.25, 0.3) is 15.9 Å². The molecule has 4 aromatic rings. The highest BCUT2D eigenvalue weighted by Gasteiger charge is 2.16. The number of methoxy groups -OCH3 is 1. The van der Waals surface area contributed by atoms with Crippen molar-refractivity contribution in [2.75, 3.05) is 11.8 Å². The quantitative estimate of drug-likeness (QED) is 0.342. The second kappa shape index (κ2) is 10.1. The molecule has 0 aliphatic carbocycles. The van der Waals surface area contributed by atoms with Gasteiger partial charge in [-0.15, -0.1) is 0 Å². The third kappa shape index (κ3) is 5.69. The minimum Gasteiger partial charge on any atom is -0.468 e. The summed E-state index contributed by atoms with van der Waals surface area (Å²) in [4.78, 5) is 29.7. The molecule has 1 N–H and O–H groups in total. The summed E-state index contributed by atoms with van der Waals surface area (Å²) in [6.07, 6.45) is 0. The summed E-state index contributed by atoms with van der Waals surface area (Å²) in [6.45, 7) is 1.76. The summed E-state index contributed by atoms with van der Waals surface area (Å²) < 4.78 is 36.0. The number of carbonyl (C=O) groups excluding carboxylic acids is 2. The molecule has 1 aromatic heterocycles. The van der Waals surface area contributed by atoms with E-state index in [9.17, 15) is 18.0 Å². The molecular formula is C24H20BrN3O5S2. The molecule has 0 aliphatic heterocycles.